The molecule has 0 amide bonds. The van der Waals surface area contributed by atoms with Crippen molar-refractivity contribution in [1.29, 1.82) is 0 Å². The Hall–Kier alpha value is -0.160. The summed E-state index contributed by atoms with van der Waals surface area (Å²) >= 11 is 0. The van der Waals surface area contributed by atoms with E-state index in [1.165, 1.54) is 38.9 Å². The predicted octanol–water partition coefficient (Wildman–Crippen LogP) is 1.93. The molecule has 0 spiro atoms. The maximum atomic E-state index is 9.78. The minimum absolute atomic E-state index is 0.0627. The summed E-state index contributed by atoms with van der Waals surface area (Å²) in [5, 5.41) is 13.4. The summed E-state index contributed by atoms with van der Waals surface area (Å²) in [6, 6.07) is 0.730. The van der Waals surface area contributed by atoms with E-state index in [1.54, 1.807) is 0 Å². The summed E-state index contributed by atoms with van der Waals surface area (Å²) in [5.41, 5.74) is -0.0627. The third-order valence-electron chi connectivity index (χ3n) is 4.91. The SMILES string of the molecule is CCCNC(CC)(CO)CCCN1CCCC1CN(C)C. The van der Waals surface area contributed by atoms with Crippen molar-refractivity contribution in [2.45, 2.75) is 64.0 Å². The molecule has 4 heteroatoms. The van der Waals surface area contributed by atoms with Gasteiger partial charge in [-0.3, -0.25) is 4.90 Å². The maximum absolute atomic E-state index is 9.78. The molecule has 2 N–H and O–H groups in total. The lowest BCUT2D eigenvalue weighted by Gasteiger charge is -2.34. The molecular weight excluding hydrogens is 262 g/mol. The molecule has 1 aliphatic rings. The van der Waals surface area contributed by atoms with Gasteiger partial charge in [-0.2, -0.15) is 0 Å². The average Bonchev–Trinajstić information content (AvgIpc) is 2.89. The van der Waals surface area contributed by atoms with Gasteiger partial charge in [0.05, 0.1) is 6.61 Å². The highest BCUT2D eigenvalue weighted by atomic mass is 16.3. The lowest BCUT2D eigenvalue weighted by molar-refractivity contribution is 0.134. The van der Waals surface area contributed by atoms with Crippen molar-refractivity contribution in [2.75, 3.05) is 46.9 Å². The van der Waals surface area contributed by atoms with E-state index in [1.807, 2.05) is 0 Å². The van der Waals surface area contributed by atoms with Crippen LogP contribution in [0, 0.1) is 0 Å². The van der Waals surface area contributed by atoms with Gasteiger partial charge in [0.25, 0.3) is 0 Å². The Morgan fingerprint density at radius 2 is 2.10 bits per heavy atom. The van der Waals surface area contributed by atoms with Crippen LogP contribution in [0.1, 0.15) is 52.4 Å². The Morgan fingerprint density at radius 3 is 2.67 bits per heavy atom. The summed E-state index contributed by atoms with van der Waals surface area (Å²) in [7, 11) is 4.33. The van der Waals surface area contributed by atoms with Gasteiger partial charge in [-0.05, 0) is 72.3 Å². The molecule has 1 saturated heterocycles. The first-order valence-corrected chi connectivity index (χ1v) is 8.81. The molecule has 0 aliphatic carbocycles. The van der Waals surface area contributed by atoms with Gasteiger partial charge in [0.2, 0.25) is 0 Å². The zero-order chi connectivity index (χ0) is 15.7. The molecular formula is C17H37N3O. The van der Waals surface area contributed by atoms with E-state index in [0.717, 1.165) is 31.8 Å². The monoisotopic (exact) mass is 299 g/mol. The van der Waals surface area contributed by atoms with E-state index >= 15 is 0 Å². The zero-order valence-electron chi connectivity index (χ0n) is 14.7. The minimum Gasteiger partial charge on any atom is -0.394 e. The molecule has 0 aromatic carbocycles. The van der Waals surface area contributed by atoms with Crippen LogP contribution < -0.4 is 5.32 Å². The average molecular weight is 300 g/mol. The molecule has 0 aromatic rings. The number of aliphatic hydroxyl groups is 1. The number of nitrogens with one attached hydrogen (secondary N) is 1. The lowest BCUT2D eigenvalue weighted by atomic mass is 9.91. The van der Waals surface area contributed by atoms with E-state index < -0.39 is 0 Å². The van der Waals surface area contributed by atoms with Crippen LogP contribution in [0.25, 0.3) is 0 Å². The van der Waals surface area contributed by atoms with Crippen molar-refractivity contribution in [3.63, 3.8) is 0 Å². The van der Waals surface area contributed by atoms with Crippen LogP contribution in [0.5, 0.6) is 0 Å². The molecule has 1 rings (SSSR count). The molecule has 21 heavy (non-hydrogen) atoms. The van der Waals surface area contributed by atoms with Crippen molar-refractivity contribution in [1.82, 2.24) is 15.1 Å². The first-order valence-electron chi connectivity index (χ1n) is 8.81. The molecule has 126 valence electrons. The molecule has 4 nitrogen and oxygen atoms in total. The number of nitrogens with zero attached hydrogens (tertiary/aromatic N) is 2. The molecule has 1 aliphatic heterocycles. The number of hydrogen-bond donors (Lipinski definition) is 2. The third-order valence-corrected chi connectivity index (χ3v) is 4.91. The largest absolute Gasteiger partial charge is 0.394 e. The van der Waals surface area contributed by atoms with Crippen molar-refractivity contribution in [3.05, 3.63) is 0 Å². The van der Waals surface area contributed by atoms with E-state index in [2.05, 4.69) is 43.1 Å². The summed E-state index contributed by atoms with van der Waals surface area (Å²) in [5.74, 6) is 0. The second-order valence-electron chi connectivity index (χ2n) is 6.92. The first kappa shape index (κ1) is 18.9. The zero-order valence-corrected chi connectivity index (χ0v) is 14.7. The van der Waals surface area contributed by atoms with E-state index in [9.17, 15) is 5.11 Å². The molecule has 2 atom stereocenters. The van der Waals surface area contributed by atoms with E-state index in [0.29, 0.717) is 0 Å². The molecule has 0 bridgehead atoms. The number of hydrogen-bond acceptors (Lipinski definition) is 4. The molecule has 1 heterocycles. The maximum Gasteiger partial charge on any atom is 0.0613 e. The number of aliphatic hydroxyl groups excluding tert-OH is 1. The Labute approximate surface area is 131 Å². The fourth-order valence-corrected chi connectivity index (χ4v) is 3.47. The normalized spacial score (nSPS) is 22.9. The predicted molar refractivity (Wildman–Crippen MR) is 90.8 cm³/mol. The number of likely N-dealkylation sites (N-methyl/N-ethyl adjacent to an activating group) is 1. The summed E-state index contributed by atoms with van der Waals surface area (Å²) in [4.78, 5) is 4.95. The fourth-order valence-electron chi connectivity index (χ4n) is 3.47. The van der Waals surface area contributed by atoms with Crippen LogP contribution in [0.15, 0.2) is 0 Å². The van der Waals surface area contributed by atoms with Crippen LogP contribution in [0.3, 0.4) is 0 Å². The quantitative estimate of drug-likeness (QED) is 0.611. The van der Waals surface area contributed by atoms with Gasteiger partial charge in [0.15, 0.2) is 0 Å². The highest BCUT2D eigenvalue weighted by Gasteiger charge is 2.28. The second kappa shape index (κ2) is 9.78. The topological polar surface area (TPSA) is 38.7 Å². The van der Waals surface area contributed by atoms with Crippen LogP contribution in [0.2, 0.25) is 0 Å². The van der Waals surface area contributed by atoms with Gasteiger partial charge >= 0.3 is 0 Å². The smallest absolute Gasteiger partial charge is 0.0613 e. The number of likely N-dealkylation sites (tertiary alicyclic amines) is 1. The minimum atomic E-state index is -0.0627. The highest BCUT2D eigenvalue weighted by Crippen LogP contribution is 2.21. The highest BCUT2D eigenvalue weighted by molar-refractivity contribution is 4.87. The van der Waals surface area contributed by atoms with Gasteiger partial charge in [-0.15, -0.1) is 0 Å². The van der Waals surface area contributed by atoms with Crippen LogP contribution in [0.4, 0.5) is 0 Å². The molecule has 0 saturated carbocycles. The second-order valence-corrected chi connectivity index (χ2v) is 6.92. The summed E-state index contributed by atoms with van der Waals surface area (Å²) in [6.07, 6.45) is 7.06. The molecule has 0 radical (unpaired) electrons. The van der Waals surface area contributed by atoms with Gasteiger partial charge < -0.3 is 15.3 Å². The van der Waals surface area contributed by atoms with Crippen molar-refractivity contribution >= 4 is 0 Å². The Bertz CT molecular complexity index is 267. The first-order chi connectivity index (χ1) is 10.1. The Morgan fingerprint density at radius 1 is 1.33 bits per heavy atom. The van der Waals surface area contributed by atoms with Gasteiger partial charge in [-0.25, -0.2) is 0 Å². The summed E-state index contributed by atoms with van der Waals surface area (Å²) < 4.78 is 0. The number of rotatable bonds is 11. The van der Waals surface area contributed by atoms with Gasteiger partial charge in [0.1, 0.15) is 0 Å². The fraction of sp³-hybridized carbons (Fsp3) is 1.00. The third kappa shape index (κ3) is 6.23. The van der Waals surface area contributed by atoms with Crippen molar-refractivity contribution in [2.24, 2.45) is 0 Å². The van der Waals surface area contributed by atoms with Crippen LogP contribution in [-0.2, 0) is 0 Å². The molecule has 1 fully saturated rings. The van der Waals surface area contributed by atoms with Crippen LogP contribution in [-0.4, -0.2) is 73.4 Å². The lowest BCUT2D eigenvalue weighted by Crippen LogP contribution is -2.49. The van der Waals surface area contributed by atoms with Crippen molar-refractivity contribution in [3.8, 4) is 0 Å². The Balaban J connectivity index is 2.38. The van der Waals surface area contributed by atoms with Gasteiger partial charge in [0, 0.05) is 18.1 Å². The van der Waals surface area contributed by atoms with E-state index in [-0.39, 0.29) is 12.1 Å². The van der Waals surface area contributed by atoms with Crippen molar-refractivity contribution < 1.29 is 5.11 Å². The van der Waals surface area contributed by atoms with Crippen LogP contribution >= 0.6 is 0 Å². The van der Waals surface area contributed by atoms with Gasteiger partial charge in [-0.1, -0.05) is 13.8 Å². The standard InChI is InChI=1S/C17H37N3O/c1-5-11-18-17(6-2,15-21)10-8-13-20-12-7-9-16(20)14-19(3)4/h16,18,21H,5-15H2,1-4H3. The Kier molecular flexibility index (Phi) is 8.79. The van der Waals surface area contributed by atoms with E-state index in [4.69, 9.17) is 0 Å². The molecule has 0 aromatic heterocycles. The summed E-state index contributed by atoms with van der Waals surface area (Å²) in [6.45, 7) is 9.22. The molecule has 2 unspecified atom stereocenters.